The number of amides is 2. The number of hydrogen-bond acceptors (Lipinski definition) is 4. The average Bonchev–Trinajstić information content (AvgIpc) is 2.56. The largest absolute Gasteiger partial charge is 0.507 e. The first-order valence-electron chi connectivity index (χ1n) is 6.80. The third kappa shape index (κ3) is 5.30. The summed E-state index contributed by atoms with van der Waals surface area (Å²) in [6.07, 6.45) is 1.42. The number of carbonyl (C=O) groups is 2. The SMILES string of the molecule is O=C(CNC(=O)c1ccc(F)cc1)NN=Cc1ccc(O)c(I)c1. The number of nitrogens with zero attached hydrogens (tertiary/aromatic N) is 1. The number of phenolic OH excluding ortho intramolecular Hbond substituents is 1. The van der Waals surface area contributed by atoms with Crippen molar-refractivity contribution in [3.63, 3.8) is 0 Å². The Morgan fingerprint density at radius 2 is 1.92 bits per heavy atom. The second kappa shape index (κ2) is 8.39. The zero-order chi connectivity index (χ0) is 17.5. The third-order valence-electron chi connectivity index (χ3n) is 2.89. The topological polar surface area (TPSA) is 90.8 Å². The summed E-state index contributed by atoms with van der Waals surface area (Å²) < 4.78 is 13.4. The maximum atomic E-state index is 12.8. The molecule has 0 saturated heterocycles. The lowest BCUT2D eigenvalue weighted by Crippen LogP contribution is -2.34. The highest BCUT2D eigenvalue weighted by Gasteiger charge is 2.07. The highest BCUT2D eigenvalue weighted by molar-refractivity contribution is 14.1. The Bertz CT molecular complexity index is 779. The molecule has 0 aliphatic carbocycles. The summed E-state index contributed by atoms with van der Waals surface area (Å²) in [5, 5.41) is 15.6. The Morgan fingerprint density at radius 3 is 2.58 bits per heavy atom. The molecule has 2 aromatic carbocycles. The Balaban J connectivity index is 1.80. The van der Waals surface area contributed by atoms with Gasteiger partial charge in [-0.25, -0.2) is 9.82 Å². The van der Waals surface area contributed by atoms with E-state index in [0.717, 1.165) is 12.1 Å². The number of hydrogen-bond donors (Lipinski definition) is 3. The van der Waals surface area contributed by atoms with Gasteiger partial charge in [0, 0.05) is 5.56 Å². The van der Waals surface area contributed by atoms with Gasteiger partial charge in [-0.05, 0) is 70.6 Å². The van der Waals surface area contributed by atoms with Crippen LogP contribution in [0.5, 0.6) is 5.75 Å². The van der Waals surface area contributed by atoms with Crippen LogP contribution >= 0.6 is 22.6 Å². The number of nitrogens with one attached hydrogen (secondary N) is 2. The van der Waals surface area contributed by atoms with Crippen molar-refractivity contribution in [1.82, 2.24) is 10.7 Å². The van der Waals surface area contributed by atoms with Gasteiger partial charge in [0.05, 0.1) is 16.3 Å². The van der Waals surface area contributed by atoms with E-state index in [4.69, 9.17) is 0 Å². The number of benzene rings is 2. The minimum absolute atomic E-state index is 0.167. The average molecular weight is 441 g/mol. The molecule has 2 aromatic rings. The van der Waals surface area contributed by atoms with Gasteiger partial charge in [0.25, 0.3) is 11.8 Å². The summed E-state index contributed by atoms with van der Waals surface area (Å²) in [7, 11) is 0. The van der Waals surface area contributed by atoms with Crippen LogP contribution in [0.3, 0.4) is 0 Å². The molecular formula is C16H13FIN3O3. The van der Waals surface area contributed by atoms with E-state index in [1.807, 2.05) is 22.6 Å². The van der Waals surface area contributed by atoms with Crippen LogP contribution < -0.4 is 10.7 Å². The summed E-state index contributed by atoms with van der Waals surface area (Å²) in [5.41, 5.74) is 3.23. The molecular weight excluding hydrogens is 428 g/mol. The minimum Gasteiger partial charge on any atom is -0.507 e. The molecule has 2 rings (SSSR count). The van der Waals surface area contributed by atoms with Crippen molar-refractivity contribution in [1.29, 1.82) is 0 Å². The normalized spacial score (nSPS) is 10.6. The van der Waals surface area contributed by atoms with E-state index in [1.54, 1.807) is 12.1 Å². The quantitative estimate of drug-likeness (QED) is 0.377. The predicted molar refractivity (Wildman–Crippen MR) is 95.3 cm³/mol. The summed E-state index contributed by atoms with van der Waals surface area (Å²) in [6, 6.07) is 9.84. The van der Waals surface area contributed by atoms with Crippen molar-refractivity contribution in [2.45, 2.75) is 0 Å². The van der Waals surface area contributed by atoms with Gasteiger partial charge in [-0.1, -0.05) is 0 Å². The minimum atomic E-state index is -0.504. The Kier molecular flexibility index (Phi) is 6.24. The molecule has 0 unspecified atom stereocenters. The molecule has 0 heterocycles. The highest BCUT2D eigenvalue weighted by Crippen LogP contribution is 2.19. The number of carbonyl (C=O) groups excluding carboxylic acids is 2. The van der Waals surface area contributed by atoms with Crippen molar-refractivity contribution >= 4 is 40.6 Å². The number of aromatic hydroxyl groups is 1. The van der Waals surface area contributed by atoms with E-state index in [2.05, 4.69) is 15.8 Å². The van der Waals surface area contributed by atoms with Gasteiger partial charge in [0.2, 0.25) is 0 Å². The van der Waals surface area contributed by atoms with Crippen LogP contribution in [0.2, 0.25) is 0 Å². The molecule has 24 heavy (non-hydrogen) atoms. The first-order valence-corrected chi connectivity index (χ1v) is 7.88. The maximum Gasteiger partial charge on any atom is 0.259 e. The van der Waals surface area contributed by atoms with E-state index in [0.29, 0.717) is 9.13 Å². The molecule has 0 aromatic heterocycles. The standard InChI is InChI=1S/C16H13FIN3O3/c17-12-4-2-11(3-5-12)16(24)19-9-15(23)21-20-8-10-1-6-14(22)13(18)7-10/h1-8,22H,9H2,(H,19,24)(H,21,23). The molecule has 8 heteroatoms. The Labute approximate surface area is 150 Å². The molecule has 0 atom stereocenters. The van der Waals surface area contributed by atoms with Crippen molar-refractivity contribution in [2.75, 3.05) is 6.54 Å². The molecule has 0 aliphatic heterocycles. The third-order valence-corrected chi connectivity index (χ3v) is 3.75. The number of halogens is 2. The van der Waals surface area contributed by atoms with Gasteiger partial charge in [0.15, 0.2) is 0 Å². The van der Waals surface area contributed by atoms with E-state index in [1.165, 1.54) is 24.4 Å². The second-order valence-corrected chi connectivity index (χ2v) is 5.86. The Morgan fingerprint density at radius 1 is 1.21 bits per heavy atom. The van der Waals surface area contributed by atoms with Crippen LogP contribution in [0.15, 0.2) is 47.6 Å². The summed E-state index contributed by atoms with van der Waals surface area (Å²) in [4.78, 5) is 23.4. The zero-order valence-electron chi connectivity index (χ0n) is 12.3. The van der Waals surface area contributed by atoms with Gasteiger partial charge in [0.1, 0.15) is 11.6 Å². The van der Waals surface area contributed by atoms with E-state index in [9.17, 15) is 19.1 Å². The lowest BCUT2D eigenvalue weighted by atomic mass is 10.2. The molecule has 6 nitrogen and oxygen atoms in total. The fourth-order valence-corrected chi connectivity index (χ4v) is 2.23. The summed E-state index contributed by atoms with van der Waals surface area (Å²) in [5.74, 6) is -1.26. The van der Waals surface area contributed by atoms with Crippen molar-refractivity contribution in [3.8, 4) is 5.75 Å². The predicted octanol–water partition coefficient (Wildman–Crippen LogP) is 2.02. The van der Waals surface area contributed by atoms with Crippen LogP contribution in [-0.2, 0) is 4.79 Å². The van der Waals surface area contributed by atoms with Crippen LogP contribution in [0.25, 0.3) is 0 Å². The molecule has 2 amide bonds. The van der Waals surface area contributed by atoms with E-state index >= 15 is 0 Å². The molecule has 0 fully saturated rings. The maximum absolute atomic E-state index is 12.8. The monoisotopic (exact) mass is 441 g/mol. The van der Waals surface area contributed by atoms with Crippen molar-refractivity contribution in [2.24, 2.45) is 5.10 Å². The smallest absolute Gasteiger partial charge is 0.259 e. The van der Waals surface area contributed by atoms with Gasteiger partial charge in [-0.2, -0.15) is 5.10 Å². The lowest BCUT2D eigenvalue weighted by molar-refractivity contribution is -0.120. The highest BCUT2D eigenvalue weighted by atomic mass is 127. The van der Waals surface area contributed by atoms with Gasteiger partial charge in [-0.15, -0.1) is 0 Å². The fourth-order valence-electron chi connectivity index (χ4n) is 1.69. The van der Waals surface area contributed by atoms with Gasteiger partial charge < -0.3 is 10.4 Å². The molecule has 0 aliphatic rings. The number of phenols is 1. The number of hydrazone groups is 1. The van der Waals surface area contributed by atoms with Crippen molar-refractivity contribution < 1.29 is 19.1 Å². The molecule has 0 spiro atoms. The van der Waals surface area contributed by atoms with Crippen molar-refractivity contribution in [3.05, 3.63) is 63.0 Å². The van der Waals surface area contributed by atoms with E-state index in [-0.39, 0.29) is 17.9 Å². The molecule has 0 bridgehead atoms. The van der Waals surface area contributed by atoms with Crippen LogP contribution in [0.1, 0.15) is 15.9 Å². The summed E-state index contributed by atoms with van der Waals surface area (Å²) in [6.45, 7) is -0.263. The first kappa shape index (κ1) is 17.9. The molecule has 0 radical (unpaired) electrons. The van der Waals surface area contributed by atoms with E-state index < -0.39 is 17.6 Å². The van der Waals surface area contributed by atoms with Gasteiger partial charge >= 0.3 is 0 Å². The zero-order valence-corrected chi connectivity index (χ0v) is 14.5. The molecule has 0 saturated carbocycles. The van der Waals surface area contributed by atoms with Gasteiger partial charge in [-0.3, -0.25) is 9.59 Å². The molecule has 3 N–H and O–H groups in total. The first-order chi connectivity index (χ1) is 11.5. The fraction of sp³-hybridized carbons (Fsp3) is 0.0625. The Hall–Kier alpha value is -2.49. The van der Waals surface area contributed by atoms with Crippen LogP contribution in [0, 0.1) is 9.39 Å². The van der Waals surface area contributed by atoms with Crippen LogP contribution in [-0.4, -0.2) is 29.7 Å². The molecule has 124 valence electrons. The second-order valence-electron chi connectivity index (χ2n) is 4.69. The lowest BCUT2D eigenvalue weighted by Gasteiger charge is -2.04. The number of rotatable bonds is 5. The van der Waals surface area contributed by atoms with Crippen LogP contribution in [0.4, 0.5) is 4.39 Å². The summed E-state index contributed by atoms with van der Waals surface area (Å²) >= 11 is 1.97.